The van der Waals surface area contributed by atoms with Crippen molar-refractivity contribution in [2.24, 2.45) is 0 Å². The Balaban J connectivity index is 2.20. The number of rotatable bonds is 3. The van der Waals surface area contributed by atoms with Crippen molar-refractivity contribution in [3.05, 3.63) is 97.1 Å². The van der Waals surface area contributed by atoms with Crippen molar-refractivity contribution in [2.45, 2.75) is 0 Å². The monoisotopic (exact) mass is 320 g/mol. The topological polar surface area (TPSA) is 28.7 Å². The number of nitriles is 1. The summed E-state index contributed by atoms with van der Waals surface area (Å²) in [5.74, 6) is 0. The second-order valence-corrected chi connectivity index (χ2v) is 5.87. The standard InChI is InChI=1S/C23H16N2/c1-17(16-24)22-20-14-8-9-15-21(20)25(19-12-6-3-7-13-19)23(22)18-10-4-2-5-11-18/h2-15H,1H2. The van der Waals surface area contributed by atoms with Gasteiger partial charge in [0.1, 0.15) is 0 Å². The van der Waals surface area contributed by atoms with E-state index in [1.807, 2.05) is 48.5 Å². The van der Waals surface area contributed by atoms with Crippen molar-refractivity contribution in [3.8, 4) is 23.0 Å². The Hall–Kier alpha value is -3.57. The van der Waals surface area contributed by atoms with E-state index in [1.54, 1.807) is 0 Å². The molecular formula is C23H16N2. The maximum absolute atomic E-state index is 9.54. The van der Waals surface area contributed by atoms with Gasteiger partial charge in [-0.15, -0.1) is 0 Å². The van der Waals surface area contributed by atoms with E-state index in [-0.39, 0.29) is 0 Å². The van der Waals surface area contributed by atoms with Crippen LogP contribution in [0.3, 0.4) is 0 Å². The number of benzene rings is 3. The van der Waals surface area contributed by atoms with Crippen LogP contribution in [-0.4, -0.2) is 4.57 Å². The van der Waals surface area contributed by atoms with Gasteiger partial charge >= 0.3 is 0 Å². The van der Waals surface area contributed by atoms with E-state index in [4.69, 9.17) is 0 Å². The summed E-state index contributed by atoms with van der Waals surface area (Å²) in [4.78, 5) is 0. The zero-order valence-electron chi connectivity index (χ0n) is 13.7. The molecule has 0 fully saturated rings. The van der Waals surface area contributed by atoms with E-state index in [9.17, 15) is 5.26 Å². The molecule has 0 N–H and O–H groups in total. The van der Waals surface area contributed by atoms with Crippen molar-refractivity contribution >= 4 is 16.5 Å². The molecule has 2 nitrogen and oxygen atoms in total. The second kappa shape index (κ2) is 6.14. The highest BCUT2D eigenvalue weighted by Gasteiger charge is 2.21. The van der Waals surface area contributed by atoms with E-state index in [2.05, 4.69) is 53.6 Å². The van der Waals surface area contributed by atoms with E-state index in [1.165, 1.54) is 0 Å². The molecule has 0 saturated heterocycles. The lowest BCUT2D eigenvalue weighted by atomic mass is 10.00. The third-order valence-corrected chi connectivity index (χ3v) is 4.37. The third kappa shape index (κ3) is 2.43. The van der Waals surface area contributed by atoms with Crippen LogP contribution < -0.4 is 0 Å². The number of allylic oxidation sites excluding steroid dienone is 1. The maximum Gasteiger partial charge on any atom is 0.0992 e. The summed E-state index contributed by atoms with van der Waals surface area (Å²) in [6, 6.07) is 30.8. The predicted octanol–water partition coefficient (Wildman–Crippen LogP) is 5.83. The Morgan fingerprint density at radius 2 is 1.40 bits per heavy atom. The SMILES string of the molecule is C=C(C#N)c1c(-c2ccccc2)n(-c2ccccc2)c2ccccc12. The minimum absolute atomic E-state index is 0.477. The van der Waals surface area contributed by atoms with Gasteiger partial charge in [-0.2, -0.15) is 5.26 Å². The van der Waals surface area contributed by atoms with Crippen molar-refractivity contribution in [3.63, 3.8) is 0 Å². The first-order chi connectivity index (χ1) is 12.3. The highest BCUT2D eigenvalue weighted by molar-refractivity contribution is 6.04. The van der Waals surface area contributed by atoms with Crippen LogP contribution in [0.4, 0.5) is 0 Å². The molecule has 4 aromatic rings. The second-order valence-electron chi connectivity index (χ2n) is 5.87. The molecule has 2 heteroatoms. The first-order valence-electron chi connectivity index (χ1n) is 8.15. The molecule has 1 heterocycles. The molecule has 0 aliphatic carbocycles. The molecule has 0 bridgehead atoms. The molecule has 0 saturated carbocycles. The van der Waals surface area contributed by atoms with Crippen LogP contribution in [0.2, 0.25) is 0 Å². The maximum atomic E-state index is 9.54. The van der Waals surface area contributed by atoms with Gasteiger partial charge in [0.05, 0.1) is 22.9 Å². The van der Waals surface area contributed by atoms with Crippen LogP contribution in [0.1, 0.15) is 5.56 Å². The largest absolute Gasteiger partial charge is 0.309 e. The van der Waals surface area contributed by atoms with Crippen molar-refractivity contribution in [1.29, 1.82) is 5.26 Å². The normalized spacial score (nSPS) is 10.5. The summed E-state index contributed by atoms with van der Waals surface area (Å²) in [7, 11) is 0. The quantitative estimate of drug-likeness (QED) is 0.436. The average molecular weight is 320 g/mol. The molecule has 118 valence electrons. The smallest absolute Gasteiger partial charge is 0.0992 e. The van der Waals surface area contributed by atoms with E-state index < -0.39 is 0 Å². The molecule has 0 unspecified atom stereocenters. The third-order valence-electron chi connectivity index (χ3n) is 4.37. The molecule has 0 amide bonds. The van der Waals surface area contributed by atoms with Gasteiger partial charge in [0, 0.05) is 16.6 Å². The van der Waals surface area contributed by atoms with Crippen LogP contribution in [0.5, 0.6) is 0 Å². The molecule has 0 spiro atoms. The van der Waals surface area contributed by atoms with Crippen LogP contribution in [0.25, 0.3) is 33.4 Å². The van der Waals surface area contributed by atoms with Crippen LogP contribution in [0, 0.1) is 11.3 Å². The lowest BCUT2D eigenvalue weighted by Gasteiger charge is -2.12. The molecule has 0 atom stereocenters. The van der Waals surface area contributed by atoms with Gasteiger partial charge in [-0.3, -0.25) is 0 Å². The molecule has 0 radical (unpaired) electrons. The molecule has 3 aromatic carbocycles. The lowest BCUT2D eigenvalue weighted by Crippen LogP contribution is -1.97. The Labute approximate surface area is 146 Å². The Bertz CT molecular complexity index is 1100. The van der Waals surface area contributed by atoms with Gasteiger partial charge in [0.2, 0.25) is 0 Å². The van der Waals surface area contributed by atoms with E-state index >= 15 is 0 Å². The minimum Gasteiger partial charge on any atom is -0.309 e. The zero-order chi connectivity index (χ0) is 17.2. The molecule has 0 aliphatic heterocycles. The fourth-order valence-electron chi connectivity index (χ4n) is 3.32. The Kier molecular flexibility index (Phi) is 3.68. The number of para-hydroxylation sites is 2. The number of hydrogen-bond acceptors (Lipinski definition) is 1. The van der Waals surface area contributed by atoms with Crippen molar-refractivity contribution in [1.82, 2.24) is 4.57 Å². The van der Waals surface area contributed by atoms with Gasteiger partial charge < -0.3 is 4.57 Å². The highest BCUT2D eigenvalue weighted by Crippen LogP contribution is 2.39. The van der Waals surface area contributed by atoms with Gasteiger partial charge in [0.15, 0.2) is 0 Å². The first-order valence-corrected chi connectivity index (χ1v) is 8.15. The van der Waals surface area contributed by atoms with Crippen LogP contribution in [0.15, 0.2) is 91.5 Å². The lowest BCUT2D eigenvalue weighted by molar-refractivity contribution is 1.13. The van der Waals surface area contributed by atoms with Crippen LogP contribution in [-0.2, 0) is 0 Å². The van der Waals surface area contributed by atoms with Crippen LogP contribution >= 0.6 is 0 Å². The molecule has 0 aliphatic rings. The number of fused-ring (bicyclic) bond motifs is 1. The molecular weight excluding hydrogens is 304 g/mol. The summed E-state index contributed by atoms with van der Waals surface area (Å²) in [5, 5.41) is 10.6. The molecule has 25 heavy (non-hydrogen) atoms. The first kappa shape index (κ1) is 15.0. The van der Waals surface area contributed by atoms with Gasteiger partial charge in [-0.05, 0) is 23.8 Å². The predicted molar refractivity (Wildman–Crippen MR) is 103 cm³/mol. The summed E-state index contributed by atoms with van der Waals surface area (Å²) < 4.78 is 2.21. The van der Waals surface area contributed by atoms with Crippen molar-refractivity contribution < 1.29 is 0 Å². The van der Waals surface area contributed by atoms with Gasteiger partial charge in [-0.25, -0.2) is 0 Å². The number of hydrogen-bond donors (Lipinski definition) is 0. The number of nitrogens with zero attached hydrogens (tertiary/aromatic N) is 2. The molecule has 1 aromatic heterocycles. The van der Waals surface area contributed by atoms with Gasteiger partial charge in [-0.1, -0.05) is 73.3 Å². The zero-order valence-corrected chi connectivity index (χ0v) is 13.7. The minimum atomic E-state index is 0.477. The summed E-state index contributed by atoms with van der Waals surface area (Å²) >= 11 is 0. The highest BCUT2D eigenvalue weighted by atomic mass is 15.0. The summed E-state index contributed by atoms with van der Waals surface area (Å²) in [6.45, 7) is 4.01. The fourth-order valence-corrected chi connectivity index (χ4v) is 3.32. The fraction of sp³-hybridized carbons (Fsp3) is 0. The van der Waals surface area contributed by atoms with E-state index in [0.29, 0.717) is 5.57 Å². The van der Waals surface area contributed by atoms with Gasteiger partial charge in [0.25, 0.3) is 0 Å². The Morgan fingerprint density at radius 1 is 0.800 bits per heavy atom. The van der Waals surface area contributed by atoms with Crippen molar-refractivity contribution in [2.75, 3.05) is 0 Å². The Morgan fingerprint density at radius 3 is 2.08 bits per heavy atom. The number of aromatic nitrogens is 1. The van der Waals surface area contributed by atoms with E-state index in [0.717, 1.165) is 33.4 Å². The summed E-state index contributed by atoms with van der Waals surface area (Å²) in [6.07, 6.45) is 0. The summed E-state index contributed by atoms with van der Waals surface area (Å²) in [5.41, 5.74) is 5.57. The average Bonchev–Trinajstić information content (AvgIpc) is 3.04. The molecule has 4 rings (SSSR count).